The smallest absolute Gasteiger partial charge is 0.348 e. The lowest BCUT2D eigenvalue weighted by Gasteiger charge is -2.01. The second kappa shape index (κ2) is 7.25. The Kier molecular flexibility index (Phi) is 5.62. The molecule has 4 heteroatoms. The van der Waals surface area contributed by atoms with Crippen LogP contribution in [0.1, 0.15) is 18.1 Å². The Morgan fingerprint density at radius 1 is 1.44 bits per heavy atom. The maximum absolute atomic E-state index is 11.4. The van der Waals surface area contributed by atoms with Gasteiger partial charge in [-0.3, -0.25) is 0 Å². The molecular formula is C14H15NO3. The summed E-state index contributed by atoms with van der Waals surface area (Å²) < 4.78 is 4.77. The molecule has 0 saturated carbocycles. The number of rotatable bonds is 5. The van der Waals surface area contributed by atoms with Crippen molar-refractivity contribution in [2.24, 2.45) is 0 Å². The highest BCUT2D eigenvalue weighted by Gasteiger charge is 2.09. The Bertz CT molecular complexity index is 469. The maximum Gasteiger partial charge on any atom is 0.348 e. The summed E-state index contributed by atoms with van der Waals surface area (Å²) in [6, 6.07) is 9.11. The number of nitriles is 1. The van der Waals surface area contributed by atoms with Gasteiger partial charge in [0.2, 0.25) is 0 Å². The number of nitrogens with zero attached hydrogens (tertiary/aromatic N) is 1. The van der Waals surface area contributed by atoms with Crippen molar-refractivity contribution in [2.75, 3.05) is 13.2 Å². The van der Waals surface area contributed by atoms with E-state index < -0.39 is 5.97 Å². The summed E-state index contributed by atoms with van der Waals surface area (Å²) in [5.74, 6) is -0.612. The number of ether oxygens (including phenoxy) is 1. The zero-order valence-electron chi connectivity index (χ0n) is 10.2. The summed E-state index contributed by atoms with van der Waals surface area (Å²) in [6.45, 7) is 2.03. The van der Waals surface area contributed by atoms with E-state index in [0.29, 0.717) is 6.42 Å². The van der Waals surface area contributed by atoms with Gasteiger partial charge in [0.1, 0.15) is 11.6 Å². The van der Waals surface area contributed by atoms with Crippen molar-refractivity contribution >= 4 is 12.0 Å². The maximum atomic E-state index is 11.4. The van der Waals surface area contributed by atoms with E-state index in [9.17, 15) is 4.79 Å². The Balaban J connectivity index is 2.86. The third-order valence-electron chi connectivity index (χ3n) is 2.31. The number of carbonyl (C=O) groups excluding carboxylic acids is 1. The molecular weight excluding hydrogens is 230 g/mol. The number of hydrogen-bond acceptors (Lipinski definition) is 4. The molecule has 0 amide bonds. The zero-order chi connectivity index (χ0) is 13.4. The van der Waals surface area contributed by atoms with Crippen LogP contribution in [0, 0.1) is 11.3 Å². The zero-order valence-corrected chi connectivity index (χ0v) is 10.2. The first-order valence-electron chi connectivity index (χ1n) is 5.70. The van der Waals surface area contributed by atoms with Gasteiger partial charge in [0, 0.05) is 6.61 Å². The molecule has 1 aromatic carbocycles. The summed E-state index contributed by atoms with van der Waals surface area (Å²) in [6.07, 6.45) is 2.08. The van der Waals surface area contributed by atoms with E-state index in [1.165, 1.54) is 6.08 Å². The number of esters is 1. The molecule has 1 aromatic rings. The molecule has 18 heavy (non-hydrogen) atoms. The van der Waals surface area contributed by atoms with Gasteiger partial charge < -0.3 is 9.84 Å². The number of carbonyl (C=O) groups is 1. The van der Waals surface area contributed by atoms with Crippen molar-refractivity contribution < 1.29 is 14.6 Å². The van der Waals surface area contributed by atoms with Gasteiger partial charge in [-0.15, -0.1) is 0 Å². The van der Waals surface area contributed by atoms with Gasteiger partial charge in [-0.2, -0.15) is 5.26 Å². The van der Waals surface area contributed by atoms with Gasteiger partial charge in [-0.25, -0.2) is 4.79 Å². The summed E-state index contributed by atoms with van der Waals surface area (Å²) in [5, 5.41) is 17.7. The number of benzene rings is 1. The first-order valence-corrected chi connectivity index (χ1v) is 5.70. The Labute approximate surface area is 106 Å². The van der Waals surface area contributed by atoms with Gasteiger partial charge in [0.05, 0.1) is 6.61 Å². The fourth-order valence-electron chi connectivity index (χ4n) is 1.42. The minimum atomic E-state index is -0.612. The van der Waals surface area contributed by atoms with Crippen LogP contribution in [0.4, 0.5) is 0 Å². The lowest BCUT2D eigenvalue weighted by molar-refractivity contribution is -0.137. The molecule has 0 bridgehead atoms. The largest absolute Gasteiger partial charge is 0.462 e. The van der Waals surface area contributed by atoms with Crippen molar-refractivity contribution in [3.05, 3.63) is 41.0 Å². The van der Waals surface area contributed by atoms with Crippen LogP contribution in [0.25, 0.3) is 6.08 Å². The fourth-order valence-corrected chi connectivity index (χ4v) is 1.42. The van der Waals surface area contributed by atoms with Crippen LogP contribution < -0.4 is 0 Å². The van der Waals surface area contributed by atoms with Gasteiger partial charge in [0.25, 0.3) is 0 Å². The monoisotopic (exact) mass is 245 g/mol. The predicted octanol–water partition coefficient (Wildman–Crippen LogP) is 1.69. The minimum absolute atomic E-state index is 0.0215. The van der Waals surface area contributed by atoms with Crippen molar-refractivity contribution in [3.8, 4) is 6.07 Å². The normalized spacial score (nSPS) is 10.8. The SMILES string of the molecule is CCOC(=O)C(C#N)=Cc1ccc(CCO)cc1. The van der Waals surface area contributed by atoms with Gasteiger partial charge in [-0.05, 0) is 30.5 Å². The van der Waals surface area contributed by atoms with E-state index >= 15 is 0 Å². The van der Waals surface area contributed by atoms with E-state index in [-0.39, 0.29) is 18.8 Å². The van der Waals surface area contributed by atoms with Gasteiger partial charge in [-0.1, -0.05) is 24.3 Å². The molecule has 0 aliphatic rings. The molecule has 1 rings (SSSR count). The highest BCUT2D eigenvalue weighted by Crippen LogP contribution is 2.10. The molecule has 0 aliphatic carbocycles. The molecule has 94 valence electrons. The molecule has 0 spiro atoms. The molecule has 0 aromatic heterocycles. The molecule has 1 N–H and O–H groups in total. The summed E-state index contributed by atoms with van der Waals surface area (Å²) in [7, 11) is 0. The van der Waals surface area contributed by atoms with E-state index in [1.807, 2.05) is 18.2 Å². The summed E-state index contributed by atoms with van der Waals surface area (Å²) >= 11 is 0. The first kappa shape index (κ1) is 13.9. The predicted molar refractivity (Wildman–Crippen MR) is 67.5 cm³/mol. The standard InChI is InChI=1S/C14H15NO3/c1-2-18-14(17)13(10-15)9-12-5-3-11(4-6-12)7-8-16/h3-6,9,16H,2,7-8H2,1H3. The van der Waals surface area contributed by atoms with Gasteiger partial charge in [0.15, 0.2) is 0 Å². The van der Waals surface area contributed by atoms with E-state index in [0.717, 1.165) is 11.1 Å². The Morgan fingerprint density at radius 3 is 2.61 bits per heavy atom. The van der Waals surface area contributed by atoms with Crippen molar-refractivity contribution in [2.45, 2.75) is 13.3 Å². The van der Waals surface area contributed by atoms with Crippen LogP contribution in [0.3, 0.4) is 0 Å². The molecule has 0 fully saturated rings. The molecule has 4 nitrogen and oxygen atoms in total. The highest BCUT2D eigenvalue weighted by atomic mass is 16.5. The second-order valence-electron chi connectivity index (χ2n) is 3.61. The third-order valence-corrected chi connectivity index (χ3v) is 2.31. The molecule has 0 atom stereocenters. The summed E-state index contributed by atoms with van der Waals surface area (Å²) in [5.41, 5.74) is 1.73. The lowest BCUT2D eigenvalue weighted by atomic mass is 10.1. The average molecular weight is 245 g/mol. The quantitative estimate of drug-likeness (QED) is 0.487. The highest BCUT2D eigenvalue weighted by molar-refractivity contribution is 5.97. The van der Waals surface area contributed by atoms with E-state index in [2.05, 4.69) is 0 Å². The molecule has 0 radical (unpaired) electrons. The molecule has 0 unspecified atom stereocenters. The van der Waals surface area contributed by atoms with Crippen LogP contribution in [-0.4, -0.2) is 24.3 Å². The lowest BCUT2D eigenvalue weighted by Crippen LogP contribution is -2.05. The van der Waals surface area contributed by atoms with Crippen molar-refractivity contribution in [1.29, 1.82) is 5.26 Å². The van der Waals surface area contributed by atoms with Crippen LogP contribution in [-0.2, 0) is 16.0 Å². The van der Waals surface area contributed by atoms with Crippen LogP contribution in [0.15, 0.2) is 29.8 Å². The van der Waals surface area contributed by atoms with Gasteiger partial charge >= 0.3 is 5.97 Å². The number of aliphatic hydroxyl groups is 1. The molecule has 0 saturated heterocycles. The number of hydrogen-bond donors (Lipinski definition) is 1. The Morgan fingerprint density at radius 2 is 2.11 bits per heavy atom. The fraction of sp³-hybridized carbons (Fsp3) is 0.286. The topological polar surface area (TPSA) is 70.3 Å². The number of aliphatic hydroxyl groups excluding tert-OH is 1. The summed E-state index contributed by atoms with van der Waals surface area (Å²) in [4.78, 5) is 11.4. The van der Waals surface area contributed by atoms with Crippen molar-refractivity contribution in [1.82, 2.24) is 0 Å². The van der Waals surface area contributed by atoms with E-state index in [1.54, 1.807) is 19.1 Å². The van der Waals surface area contributed by atoms with Crippen LogP contribution in [0.5, 0.6) is 0 Å². The Hall–Kier alpha value is -2.12. The molecule has 0 aliphatic heterocycles. The average Bonchev–Trinajstić information content (AvgIpc) is 2.38. The van der Waals surface area contributed by atoms with E-state index in [4.69, 9.17) is 15.1 Å². The minimum Gasteiger partial charge on any atom is -0.462 e. The first-order chi connectivity index (χ1) is 8.71. The molecule has 0 heterocycles. The van der Waals surface area contributed by atoms with Crippen molar-refractivity contribution in [3.63, 3.8) is 0 Å². The van der Waals surface area contributed by atoms with Crippen LogP contribution in [0.2, 0.25) is 0 Å². The second-order valence-corrected chi connectivity index (χ2v) is 3.61. The van der Waals surface area contributed by atoms with Crippen LogP contribution >= 0.6 is 0 Å². The third kappa shape index (κ3) is 4.04.